The Kier molecular flexibility index (Phi) is 6.29. The van der Waals surface area contributed by atoms with Gasteiger partial charge in [0, 0.05) is 25.6 Å². The Morgan fingerprint density at radius 2 is 1.92 bits per heavy atom. The number of hydrogen-bond donors (Lipinski definition) is 2. The van der Waals surface area contributed by atoms with Gasteiger partial charge in [0.25, 0.3) is 0 Å². The van der Waals surface area contributed by atoms with E-state index in [-0.39, 0.29) is 24.4 Å². The summed E-state index contributed by atoms with van der Waals surface area (Å²) in [5.74, 6) is -1.30. The van der Waals surface area contributed by atoms with Crippen molar-refractivity contribution in [3.8, 4) is 0 Å². The van der Waals surface area contributed by atoms with Gasteiger partial charge in [-0.05, 0) is 17.2 Å². The van der Waals surface area contributed by atoms with Gasteiger partial charge < -0.3 is 15.2 Å². The molecule has 0 aromatic heterocycles. The van der Waals surface area contributed by atoms with E-state index in [0.717, 1.165) is 6.07 Å². The van der Waals surface area contributed by atoms with Crippen molar-refractivity contribution < 1.29 is 18.6 Å². The first-order chi connectivity index (χ1) is 11.1. The molecule has 2 N–H and O–H groups in total. The maximum Gasteiger partial charge on any atom is 0.129 e. The second-order valence-electron chi connectivity index (χ2n) is 5.77. The molecule has 130 valence electrons. The normalized spacial score (nSPS) is 20.0. The highest BCUT2D eigenvalue weighted by Gasteiger charge is 2.41. The van der Waals surface area contributed by atoms with Crippen LogP contribution in [-0.2, 0) is 16.8 Å². The molecule has 2 unspecified atom stereocenters. The number of aliphatic hydroxyl groups is 1. The molecule has 1 aliphatic heterocycles. The third-order valence-corrected chi connectivity index (χ3v) is 4.21. The highest BCUT2D eigenvalue weighted by molar-refractivity contribution is 5.85. The SMILES string of the molecule is Cl.OC(Cc1ccc(F)cc1F)(c1ccccc1)C1CNCCO1. The number of benzene rings is 2. The van der Waals surface area contributed by atoms with Crippen molar-refractivity contribution in [3.05, 3.63) is 71.3 Å². The predicted molar refractivity (Wildman–Crippen MR) is 90.3 cm³/mol. The minimum Gasteiger partial charge on any atom is -0.382 e. The molecule has 1 saturated heterocycles. The quantitative estimate of drug-likeness (QED) is 0.886. The van der Waals surface area contributed by atoms with Crippen molar-refractivity contribution in [2.24, 2.45) is 0 Å². The molecular weight excluding hydrogens is 336 g/mol. The summed E-state index contributed by atoms with van der Waals surface area (Å²) in [5.41, 5.74) is -0.489. The van der Waals surface area contributed by atoms with Crippen LogP contribution in [0.2, 0.25) is 0 Å². The molecule has 3 rings (SSSR count). The first-order valence-corrected chi connectivity index (χ1v) is 7.64. The zero-order chi connectivity index (χ0) is 16.3. The second kappa shape index (κ2) is 8.03. The average Bonchev–Trinajstić information content (AvgIpc) is 2.59. The van der Waals surface area contributed by atoms with Crippen LogP contribution >= 0.6 is 12.4 Å². The fraction of sp³-hybridized carbons (Fsp3) is 0.333. The third-order valence-electron chi connectivity index (χ3n) is 4.21. The van der Waals surface area contributed by atoms with Gasteiger partial charge in [0.05, 0.1) is 6.61 Å². The first-order valence-electron chi connectivity index (χ1n) is 7.64. The molecule has 1 heterocycles. The highest BCUT2D eigenvalue weighted by atomic mass is 35.5. The molecule has 0 spiro atoms. The molecule has 3 nitrogen and oxygen atoms in total. The predicted octanol–water partition coefficient (Wildman–Crippen LogP) is 2.81. The van der Waals surface area contributed by atoms with E-state index >= 15 is 0 Å². The molecule has 2 aromatic carbocycles. The summed E-state index contributed by atoms with van der Waals surface area (Å²) >= 11 is 0. The van der Waals surface area contributed by atoms with Crippen molar-refractivity contribution in [1.82, 2.24) is 5.32 Å². The van der Waals surface area contributed by atoms with Crippen LogP contribution in [0.25, 0.3) is 0 Å². The molecule has 0 aliphatic carbocycles. The molecule has 0 amide bonds. The lowest BCUT2D eigenvalue weighted by Crippen LogP contribution is -2.52. The van der Waals surface area contributed by atoms with Gasteiger partial charge in [0.1, 0.15) is 23.3 Å². The Labute approximate surface area is 146 Å². The Bertz CT molecular complexity index is 665. The van der Waals surface area contributed by atoms with Crippen molar-refractivity contribution in [3.63, 3.8) is 0 Å². The van der Waals surface area contributed by atoms with Gasteiger partial charge in [0.15, 0.2) is 0 Å². The smallest absolute Gasteiger partial charge is 0.129 e. The van der Waals surface area contributed by atoms with Crippen LogP contribution in [0.1, 0.15) is 11.1 Å². The first kappa shape index (κ1) is 18.8. The van der Waals surface area contributed by atoms with E-state index in [1.54, 1.807) is 12.1 Å². The number of halogens is 3. The number of nitrogens with one attached hydrogen (secondary N) is 1. The lowest BCUT2D eigenvalue weighted by atomic mass is 9.82. The maximum atomic E-state index is 14.1. The van der Waals surface area contributed by atoms with Gasteiger partial charge in [-0.25, -0.2) is 8.78 Å². The van der Waals surface area contributed by atoms with Crippen LogP contribution in [0.4, 0.5) is 8.78 Å². The van der Waals surface area contributed by atoms with Gasteiger partial charge in [-0.2, -0.15) is 0 Å². The molecule has 2 aromatic rings. The molecule has 2 atom stereocenters. The summed E-state index contributed by atoms with van der Waals surface area (Å²) in [5, 5.41) is 14.5. The van der Waals surface area contributed by atoms with Crippen LogP contribution in [0.15, 0.2) is 48.5 Å². The molecule has 24 heavy (non-hydrogen) atoms. The molecule has 0 radical (unpaired) electrons. The van der Waals surface area contributed by atoms with E-state index in [2.05, 4.69) is 5.32 Å². The summed E-state index contributed by atoms with van der Waals surface area (Å²) in [7, 11) is 0. The molecule has 1 aliphatic rings. The lowest BCUT2D eigenvalue weighted by molar-refractivity contribution is -0.124. The Morgan fingerprint density at radius 3 is 2.54 bits per heavy atom. The van der Waals surface area contributed by atoms with E-state index in [1.165, 1.54) is 12.1 Å². The van der Waals surface area contributed by atoms with Crippen LogP contribution in [0.5, 0.6) is 0 Å². The van der Waals surface area contributed by atoms with Crippen molar-refractivity contribution in [2.45, 2.75) is 18.1 Å². The standard InChI is InChI=1S/C18H19F2NO2.ClH/c19-15-7-6-13(16(20)10-15)11-18(22,14-4-2-1-3-5-14)17-12-21-8-9-23-17;/h1-7,10,17,21-22H,8-9,11-12H2;1H. The largest absolute Gasteiger partial charge is 0.382 e. The Morgan fingerprint density at radius 1 is 1.17 bits per heavy atom. The van der Waals surface area contributed by atoms with Crippen LogP contribution in [0, 0.1) is 11.6 Å². The Hall–Kier alpha value is -1.53. The molecule has 1 fully saturated rings. The third kappa shape index (κ3) is 3.92. The number of ether oxygens (including phenoxy) is 1. The fourth-order valence-electron chi connectivity index (χ4n) is 2.96. The van der Waals surface area contributed by atoms with Crippen molar-refractivity contribution >= 4 is 12.4 Å². The molecular formula is C18H20ClF2NO2. The van der Waals surface area contributed by atoms with E-state index < -0.39 is 23.3 Å². The number of rotatable bonds is 4. The summed E-state index contributed by atoms with van der Waals surface area (Å²) < 4.78 is 32.9. The topological polar surface area (TPSA) is 41.5 Å². The zero-order valence-electron chi connectivity index (χ0n) is 13.0. The second-order valence-corrected chi connectivity index (χ2v) is 5.77. The Balaban J connectivity index is 0.00000208. The zero-order valence-corrected chi connectivity index (χ0v) is 13.9. The summed E-state index contributed by atoms with van der Waals surface area (Å²) in [6.07, 6.45) is -0.502. The highest BCUT2D eigenvalue weighted by Crippen LogP contribution is 2.32. The van der Waals surface area contributed by atoms with Crippen LogP contribution < -0.4 is 5.32 Å². The maximum absolute atomic E-state index is 14.1. The van der Waals surface area contributed by atoms with Crippen molar-refractivity contribution in [1.29, 1.82) is 0 Å². The van der Waals surface area contributed by atoms with Gasteiger partial charge in [-0.1, -0.05) is 36.4 Å². The van der Waals surface area contributed by atoms with Gasteiger partial charge in [-0.15, -0.1) is 12.4 Å². The number of morpholine rings is 1. The number of hydrogen-bond acceptors (Lipinski definition) is 3. The van der Waals surface area contributed by atoms with Gasteiger partial charge in [0.2, 0.25) is 0 Å². The minimum atomic E-state index is -1.40. The molecule has 0 saturated carbocycles. The summed E-state index contributed by atoms with van der Waals surface area (Å²) in [6, 6.07) is 12.5. The fourth-order valence-corrected chi connectivity index (χ4v) is 2.96. The summed E-state index contributed by atoms with van der Waals surface area (Å²) in [4.78, 5) is 0. The van der Waals surface area contributed by atoms with E-state index in [1.807, 2.05) is 18.2 Å². The van der Waals surface area contributed by atoms with Crippen LogP contribution in [0.3, 0.4) is 0 Å². The molecule has 6 heteroatoms. The van der Waals surface area contributed by atoms with Crippen LogP contribution in [-0.4, -0.2) is 30.9 Å². The van der Waals surface area contributed by atoms with Gasteiger partial charge in [-0.3, -0.25) is 0 Å². The van der Waals surface area contributed by atoms with Gasteiger partial charge >= 0.3 is 0 Å². The van der Waals surface area contributed by atoms with E-state index in [0.29, 0.717) is 25.3 Å². The molecule has 0 bridgehead atoms. The lowest BCUT2D eigenvalue weighted by Gasteiger charge is -2.39. The monoisotopic (exact) mass is 355 g/mol. The van der Waals surface area contributed by atoms with Crippen molar-refractivity contribution in [2.75, 3.05) is 19.7 Å². The summed E-state index contributed by atoms with van der Waals surface area (Å²) in [6.45, 7) is 1.66. The van der Waals surface area contributed by atoms with E-state index in [4.69, 9.17) is 4.74 Å². The van der Waals surface area contributed by atoms with E-state index in [9.17, 15) is 13.9 Å². The average molecular weight is 356 g/mol. The minimum absolute atomic E-state index is 0.